The predicted octanol–water partition coefficient (Wildman–Crippen LogP) is 9.82. The van der Waals surface area contributed by atoms with E-state index in [1.807, 2.05) is 0 Å². The Hall–Kier alpha value is -0.730. The van der Waals surface area contributed by atoms with E-state index >= 15 is 0 Å². The van der Waals surface area contributed by atoms with Crippen LogP contribution < -0.4 is 5.32 Å². The van der Waals surface area contributed by atoms with E-state index in [0.717, 1.165) is 38.5 Å². The molecule has 0 aliphatic heterocycles. The van der Waals surface area contributed by atoms with Crippen molar-refractivity contribution in [2.45, 2.75) is 256 Å². The largest absolute Gasteiger partial charge is 0.394 e. The number of amides is 1. The smallest absolute Gasteiger partial charge is 0.251 e. The minimum atomic E-state index is -1.63. The number of rotatable bonds is 39. The van der Waals surface area contributed by atoms with Crippen LogP contribution in [0.5, 0.6) is 0 Å². The molecule has 49 heavy (non-hydrogen) atoms. The summed E-state index contributed by atoms with van der Waals surface area (Å²) in [5, 5.41) is 53.8. The first-order valence-corrected chi connectivity index (χ1v) is 21.5. The molecule has 0 aromatic rings. The SMILES string of the molecule is CCCCCCCCCCCCCCCCCCCCC[C@H](O)[C@@H](O)C(=O)N[C@@H](CO)[C@H](O)[C@H](O)CCCCCCCCCCCCCC. The second kappa shape index (κ2) is 37.0. The minimum Gasteiger partial charge on any atom is -0.394 e. The van der Waals surface area contributed by atoms with Gasteiger partial charge in [-0.25, -0.2) is 0 Å². The fraction of sp³-hybridized carbons (Fsp3) is 0.976. The van der Waals surface area contributed by atoms with Gasteiger partial charge >= 0.3 is 0 Å². The van der Waals surface area contributed by atoms with Gasteiger partial charge in [-0.2, -0.15) is 0 Å². The number of carbonyl (C=O) groups excluding carboxylic acids is 1. The van der Waals surface area contributed by atoms with Crippen molar-refractivity contribution in [2.75, 3.05) is 6.61 Å². The van der Waals surface area contributed by atoms with Gasteiger partial charge in [0, 0.05) is 0 Å². The molecular formula is C42H85NO6. The molecule has 0 fully saturated rings. The lowest BCUT2D eigenvalue weighted by atomic mass is 9.98. The van der Waals surface area contributed by atoms with Crippen LogP contribution in [0.1, 0.15) is 226 Å². The number of aliphatic hydroxyl groups excluding tert-OH is 5. The average molecular weight is 700 g/mol. The van der Waals surface area contributed by atoms with E-state index in [4.69, 9.17) is 0 Å². The summed E-state index contributed by atoms with van der Waals surface area (Å²) in [6.45, 7) is 3.95. The molecule has 6 N–H and O–H groups in total. The molecule has 0 aromatic heterocycles. The highest BCUT2D eigenvalue weighted by Gasteiger charge is 2.31. The summed E-state index contributed by atoms with van der Waals surface area (Å²) in [5.74, 6) is -0.832. The van der Waals surface area contributed by atoms with Crippen molar-refractivity contribution < 1.29 is 30.3 Å². The fourth-order valence-corrected chi connectivity index (χ4v) is 6.91. The number of carbonyl (C=O) groups is 1. The van der Waals surface area contributed by atoms with Crippen molar-refractivity contribution in [3.63, 3.8) is 0 Å². The zero-order chi connectivity index (χ0) is 36.2. The molecule has 0 bridgehead atoms. The molecule has 294 valence electrons. The first kappa shape index (κ1) is 48.3. The predicted molar refractivity (Wildman–Crippen MR) is 207 cm³/mol. The summed E-state index contributed by atoms with van der Waals surface area (Å²) in [4.78, 5) is 12.5. The molecule has 0 spiro atoms. The molecule has 0 radical (unpaired) electrons. The number of nitrogens with one attached hydrogen (secondary N) is 1. The van der Waals surface area contributed by atoms with Crippen molar-refractivity contribution in [1.82, 2.24) is 5.32 Å². The Bertz CT molecular complexity index is 680. The van der Waals surface area contributed by atoms with Gasteiger partial charge in [0.25, 0.3) is 5.91 Å². The maximum Gasteiger partial charge on any atom is 0.251 e. The van der Waals surface area contributed by atoms with E-state index in [2.05, 4.69) is 19.2 Å². The van der Waals surface area contributed by atoms with Crippen LogP contribution in [0.2, 0.25) is 0 Å². The zero-order valence-electron chi connectivity index (χ0n) is 32.6. The van der Waals surface area contributed by atoms with Crippen LogP contribution in [-0.4, -0.2) is 68.5 Å². The maximum absolute atomic E-state index is 12.5. The first-order chi connectivity index (χ1) is 23.9. The molecule has 5 atom stereocenters. The average Bonchev–Trinajstić information content (AvgIpc) is 3.11. The summed E-state index contributed by atoms with van der Waals surface area (Å²) in [5.41, 5.74) is 0. The normalized spacial score (nSPS) is 14.8. The number of unbranched alkanes of at least 4 members (excludes halogenated alkanes) is 29. The molecule has 0 rings (SSSR count). The van der Waals surface area contributed by atoms with Gasteiger partial charge in [0.2, 0.25) is 0 Å². The Balaban J connectivity index is 3.80. The van der Waals surface area contributed by atoms with Crippen LogP contribution in [0.25, 0.3) is 0 Å². The molecule has 0 aliphatic rings. The summed E-state index contributed by atoms with van der Waals surface area (Å²) in [7, 11) is 0. The van der Waals surface area contributed by atoms with Crippen molar-refractivity contribution >= 4 is 5.91 Å². The van der Waals surface area contributed by atoms with Crippen LogP contribution in [-0.2, 0) is 4.79 Å². The third-order valence-electron chi connectivity index (χ3n) is 10.4. The summed E-state index contributed by atoms with van der Waals surface area (Å²) in [6, 6.07) is -1.10. The first-order valence-electron chi connectivity index (χ1n) is 21.5. The van der Waals surface area contributed by atoms with Crippen LogP contribution >= 0.6 is 0 Å². The molecule has 1 amide bonds. The zero-order valence-corrected chi connectivity index (χ0v) is 32.6. The van der Waals surface area contributed by atoms with E-state index in [1.54, 1.807) is 0 Å². The monoisotopic (exact) mass is 700 g/mol. The van der Waals surface area contributed by atoms with Crippen LogP contribution in [0, 0.1) is 0 Å². The highest BCUT2D eigenvalue weighted by atomic mass is 16.3. The van der Waals surface area contributed by atoms with Crippen molar-refractivity contribution in [3.05, 3.63) is 0 Å². The maximum atomic E-state index is 12.5. The molecular weight excluding hydrogens is 614 g/mol. The van der Waals surface area contributed by atoms with E-state index in [1.165, 1.54) is 161 Å². The number of hydrogen-bond acceptors (Lipinski definition) is 6. The van der Waals surface area contributed by atoms with E-state index in [9.17, 15) is 30.3 Å². The molecule has 0 saturated heterocycles. The van der Waals surface area contributed by atoms with Gasteiger partial charge in [0.05, 0.1) is 24.9 Å². The highest BCUT2D eigenvalue weighted by molar-refractivity contribution is 5.81. The summed E-state index contributed by atoms with van der Waals surface area (Å²) < 4.78 is 0. The van der Waals surface area contributed by atoms with Gasteiger partial charge in [0.15, 0.2) is 6.10 Å². The lowest BCUT2D eigenvalue weighted by Gasteiger charge is -2.28. The second-order valence-electron chi connectivity index (χ2n) is 15.2. The number of aliphatic hydroxyl groups is 5. The lowest BCUT2D eigenvalue weighted by Crippen LogP contribution is -2.54. The molecule has 0 aromatic carbocycles. The minimum absolute atomic E-state index is 0.321. The second-order valence-corrected chi connectivity index (χ2v) is 15.2. The van der Waals surface area contributed by atoms with Gasteiger partial charge in [0.1, 0.15) is 6.10 Å². The molecule has 0 saturated carbocycles. The van der Waals surface area contributed by atoms with Crippen molar-refractivity contribution in [3.8, 4) is 0 Å². The van der Waals surface area contributed by atoms with Crippen LogP contribution in [0.4, 0.5) is 0 Å². The number of hydrogen-bond donors (Lipinski definition) is 6. The Morgan fingerprint density at radius 3 is 0.980 bits per heavy atom. The summed E-state index contributed by atoms with van der Waals surface area (Å²) >= 11 is 0. The molecule has 0 unspecified atom stereocenters. The standard InChI is InChI=1S/C42H85NO6/c1-3-5-7-9-11-13-15-17-18-19-20-21-22-23-25-27-29-31-33-35-39(46)41(48)42(49)43-37(36-44)40(47)38(45)34-32-30-28-26-24-16-14-12-10-8-6-4-2/h37-41,44-48H,3-36H2,1-2H3,(H,43,49)/t37-,38+,39-,40-,41+/m0/s1. The van der Waals surface area contributed by atoms with Gasteiger partial charge in [-0.15, -0.1) is 0 Å². The topological polar surface area (TPSA) is 130 Å². The third-order valence-corrected chi connectivity index (χ3v) is 10.4. The van der Waals surface area contributed by atoms with Crippen LogP contribution in [0.15, 0.2) is 0 Å². The van der Waals surface area contributed by atoms with Crippen molar-refractivity contribution in [2.24, 2.45) is 0 Å². The van der Waals surface area contributed by atoms with Gasteiger partial charge in [-0.05, 0) is 12.8 Å². The summed E-state index contributed by atoms with van der Waals surface area (Å²) in [6.07, 6.45) is 34.4. The molecule has 0 heterocycles. The van der Waals surface area contributed by atoms with E-state index in [-0.39, 0.29) is 0 Å². The van der Waals surface area contributed by atoms with Gasteiger partial charge in [-0.3, -0.25) is 4.79 Å². The Morgan fingerprint density at radius 1 is 0.429 bits per heavy atom. The molecule has 0 aliphatic carbocycles. The van der Waals surface area contributed by atoms with Gasteiger partial charge in [-0.1, -0.05) is 213 Å². The Kier molecular flexibility index (Phi) is 36.5. The Morgan fingerprint density at radius 2 is 0.694 bits per heavy atom. The molecule has 7 nitrogen and oxygen atoms in total. The van der Waals surface area contributed by atoms with Gasteiger partial charge < -0.3 is 30.8 Å². The quantitative estimate of drug-likeness (QED) is 0.0354. The van der Waals surface area contributed by atoms with Crippen LogP contribution in [0.3, 0.4) is 0 Å². The third kappa shape index (κ3) is 30.6. The molecule has 7 heteroatoms. The van der Waals surface area contributed by atoms with E-state index < -0.39 is 43.0 Å². The van der Waals surface area contributed by atoms with Crippen molar-refractivity contribution in [1.29, 1.82) is 0 Å². The fourth-order valence-electron chi connectivity index (χ4n) is 6.91. The lowest BCUT2D eigenvalue weighted by molar-refractivity contribution is -0.138. The Labute approximate surface area is 303 Å². The van der Waals surface area contributed by atoms with E-state index in [0.29, 0.717) is 12.8 Å². The highest BCUT2D eigenvalue weighted by Crippen LogP contribution is 2.17.